The van der Waals surface area contributed by atoms with Crippen molar-refractivity contribution >= 4 is 11.8 Å². The Kier molecular flexibility index (Phi) is 5.42. The van der Waals surface area contributed by atoms with Gasteiger partial charge in [-0.2, -0.15) is 0 Å². The number of ether oxygens (including phenoxy) is 1. The number of nitrogens with two attached hydrogens (primary N) is 1. The second-order valence-corrected chi connectivity index (χ2v) is 6.89. The maximum Gasteiger partial charge on any atom is 0.343 e. The van der Waals surface area contributed by atoms with E-state index in [0.29, 0.717) is 17.1 Å². The van der Waals surface area contributed by atoms with Gasteiger partial charge in [0, 0.05) is 5.56 Å². The molecule has 134 valence electrons. The Labute approximate surface area is 148 Å². The summed E-state index contributed by atoms with van der Waals surface area (Å²) in [5.41, 5.74) is 9.08. The topological polar surface area (TPSA) is 98.3 Å². The van der Waals surface area contributed by atoms with Gasteiger partial charge < -0.3 is 15.6 Å². The van der Waals surface area contributed by atoms with Gasteiger partial charge in [-0.3, -0.25) is 0 Å². The predicted octanol–water partition coefficient (Wildman–Crippen LogP) is 3.00. The average molecular weight is 343 g/mol. The Balaban J connectivity index is 2.54. The van der Waals surface area contributed by atoms with Crippen LogP contribution in [0.3, 0.4) is 0 Å². The standard InChI is InChI=1S/C19H25N3O3/c1-6-25-18(24)15-11(2)21-17(22-16(15)20)14-8-7-13(19(3,4)5)9-12(14)10-23/h7-9,23H,6,10H2,1-5H3,(H2,20,21,22). The van der Waals surface area contributed by atoms with Gasteiger partial charge in [0.2, 0.25) is 0 Å². The number of hydrogen-bond acceptors (Lipinski definition) is 6. The van der Waals surface area contributed by atoms with Crippen LogP contribution in [0.5, 0.6) is 0 Å². The molecule has 6 heteroatoms. The van der Waals surface area contributed by atoms with E-state index in [1.54, 1.807) is 13.8 Å². The van der Waals surface area contributed by atoms with Gasteiger partial charge in [0.25, 0.3) is 0 Å². The fourth-order valence-corrected chi connectivity index (χ4v) is 2.58. The minimum Gasteiger partial charge on any atom is -0.462 e. The molecule has 0 saturated carbocycles. The quantitative estimate of drug-likeness (QED) is 0.828. The Morgan fingerprint density at radius 1 is 1.28 bits per heavy atom. The van der Waals surface area contributed by atoms with E-state index < -0.39 is 5.97 Å². The van der Waals surface area contributed by atoms with E-state index in [1.165, 1.54) is 0 Å². The van der Waals surface area contributed by atoms with Gasteiger partial charge in [-0.05, 0) is 30.4 Å². The van der Waals surface area contributed by atoms with Crippen molar-refractivity contribution in [1.82, 2.24) is 9.97 Å². The Morgan fingerprint density at radius 3 is 2.48 bits per heavy atom. The third kappa shape index (κ3) is 3.96. The lowest BCUT2D eigenvalue weighted by Crippen LogP contribution is -2.14. The maximum absolute atomic E-state index is 12.0. The van der Waals surface area contributed by atoms with Crippen molar-refractivity contribution in [3.63, 3.8) is 0 Å². The third-order valence-electron chi connectivity index (χ3n) is 3.98. The molecule has 0 radical (unpaired) electrons. The largest absolute Gasteiger partial charge is 0.462 e. The molecule has 0 atom stereocenters. The van der Waals surface area contributed by atoms with Gasteiger partial charge in [0.1, 0.15) is 11.4 Å². The van der Waals surface area contributed by atoms with Crippen molar-refractivity contribution in [1.29, 1.82) is 0 Å². The normalized spacial score (nSPS) is 11.4. The number of hydrogen-bond donors (Lipinski definition) is 2. The van der Waals surface area contributed by atoms with Gasteiger partial charge in [-0.1, -0.05) is 39.0 Å². The van der Waals surface area contributed by atoms with Crippen molar-refractivity contribution in [2.75, 3.05) is 12.3 Å². The Morgan fingerprint density at radius 2 is 1.96 bits per heavy atom. The molecule has 6 nitrogen and oxygen atoms in total. The molecule has 0 aliphatic carbocycles. The number of carbonyl (C=O) groups is 1. The van der Waals surface area contributed by atoms with Gasteiger partial charge in [-0.15, -0.1) is 0 Å². The second-order valence-electron chi connectivity index (χ2n) is 6.89. The summed E-state index contributed by atoms with van der Waals surface area (Å²) in [6.45, 7) is 9.85. The van der Waals surface area contributed by atoms with E-state index in [9.17, 15) is 9.90 Å². The molecule has 0 aliphatic rings. The summed E-state index contributed by atoms with van der Waals surface area (Å²) in [6, 6.07) is 5.82. The van der Waals surface area contributed by atoms with Gasteiger partial charge in [-0.25, -0.2) is 14.8 Å². The van der Waals surface area contributed by atoms with Crippen LogP contribution in [0, 0.1) is 6.92 Å². The van der Waals surface area contributed by atoms with Crippen LogP contribution in [-0.2, 0) is 16.8 Å². The molecule has 0 unspecified atom stereocenters. The minimum absolute atomic E-state index is 0.0357. The number of benzene rings is 1. The number of esters is 1. The van der Waals surface area contributed by atoms with E-state index in [1.807, 2.05) is 18.2 Å². The molecule has 2 rings (SSSR count). The molecule has 0 aliphatic heterocycles. The number of aliphatic hydroxyl groups excluding tert-OH is 1. The Bertz CT molecular complexity index is 772. The summed E-state index contributed by atoms with van der Waals surface area (Å²) >= 11 is 0. The molecule has 0 bridgehead atoms. The lowest BCUT2D eigenvalue weighted by Gasteiger charge is -2.21. The number of nitrogen functional groups attached to an aromatic ring is 1. The summed E-state index contributed by atoms with van der Waals surface area (Å²) in [5.74, 6) is -0.0770. The van der Waals surface area contributed by atoms with Crippen LogP contribution >= 0.6 is 0 Å². The Hall–Kier alpha value is -2.47. The fourth-order valence-electron chi connectivity index (χ4n) is 2.58. The highest BCUT2D eigenvalue weighted by Gasteiger charge is 2.21. The van der Waals surface area contributed by atoms with E-state index in [-0.39, 0.29) is 30.0 Å². The first-order chi connectivity index (χ1) is 11.7. The summed E-state index contributed by atoms with van der Waals surface area (Å²) in [5, 5.41) is 9.76. The molecule has 3 N–H and O–H groups in total. The third-order valence-corrected chi connectivity index (χ3v) is 3.98. The van der Waals surface area contributed by atoms with Crippen LogP contribution < -0.4 is 5.73 Å². The first kappa shape index (κ1) is 18.9. The summed E-state index contributed by atoms with van der Waals surface area (Å²) in [6.07, 6.45) is 0. The highest BCUT2D eigenvalue weighted by molar-refractivity contribution is 5.95. The van der Waals surface area contributed by atoms with Crippen molar-refractivity contribution in [2.24, 2.45) is 0 Å². The van der Waals surface area contributed by atoms with E-state index in [2.05, 4.69) is 30.7 Å². The molecular formula is C19H25N3O3. The number of anilines is 1. The average Bonchev–Trinajstić information content (AvgIpc) is 2.52. The number of carbonyl (C=O) groups excluding carboxylic acids is 1. The van der Waals surface area contributed by atoms with Crippen LogP contribution in [0.2, 0.25) is 0 Å². The molecule has 0 amide bonds. The van der Waals surface area contributed by atoms with Gasteiger partial charge >= 0.3 is 5.97 Å². The highest BCUT2D eigenvalue weighted by Crippen LogP contribution is 2.29. The van der Waals surface area contributed by atoms with Crippen LogP contribution in [0.4, 0.5) is 5.82 Å². The first-order valence-electron chi connectivity index (χ1n) is 8.24. The van der Waals surface area contributed by atoms with Crippen molar-refractivity contribution in [3.05, 3.63) is 40.6 Å². The molecule has 0 spiro atoms. The highest BCUT2D eigenvalue weighted by atomic mass is 16.5. The molecule has 25 heavy (non-hydrogen) atoms. The number of rotatable bonds is 4. The molecule has 1 heterocycles. The van der Waals surface area contributed by atoms with Crippen molar-refractivity contribution < 1.29 is 14.6 Å². The zero-order valence-corrected chi connectivity index (χ0v) is 15.4. The number of aromatic nitrogens is 2. The zero-order chi connectivity index (χ0) is 18.8. The van der Waals surface area contributed by atoms with Crippen LogP contribution in [0.1, 0.15) is 54.9 Å². The van der Waals surface area contributed by atoms with E-state index in [0.717, 1.165) is 11.1 Å². The first-order valence-corrected chi connectivity index (χ1v) is 8.24. The summed E-state index contributed by atoms with van der Waals surface area (Å²) < 4.78 is 4.99. The molecule has 1 aromatic carbocycles. The zero-order valence-electron chi connectivity index (χ0n) is 15.4. The van der Waals surface area contributed by atoms with Crippen LogP contribution in [0.15, 0.2) is 18.2 Å². The molecular weight excluding hydrogens is 318 g/mol. The smallest absolute Gasteiger partial charge is 0.343 e. The van der Waals surface area contributed by atoms with Crippen molar-refractivity contribution in [2.45, 2.75) is 46.6 Å². The molecule has 0 saturated heterocycles. The molecule has 0 fully saturated rings. The lowest BCUT2D eigenvalue weighted by molar-refractivity contribution is 0.0526. The summed E-state index contributed by atoms with van der Waals surface area (Å²) in [7, 11) is 0. The maximum atomic E-state index is 12.0. The fraction of sp³-hybridized carbons (Fsp3) is 0.421. The predicted molar refractivity (Wildman–Crippen MR) is 97.2 cm³/mol. The number of aliphatic hydroxyl groups is 1. The monoisotopic (exact) mass is 343 g/mol. The van der Waals surface area contributed by atoms with Gasteiger partial charge in [0.05, 0.1) is 18.9 Å². The molecule has 1 aromatic heterocycles. The minimum atomic E-state index is -0.533. The van der Waals surface area contributed by atoms with Crippen LogP contribution in [0.25, 0.3) is 11.4 Å². The van der Waals surface area contributed by atoms with E-state index >= 15 is 0 Å². The van der Waals surface area contributed by atoms with Gasteiger partial charge in [0.15, 0.2) is 5.82 Å². The SMILES string of the molecule is CCOC(=O)c1c(C)nc(-c2ccc(C(C)(C)C)cc2CO)nc1N. The number of nitrogens with zero attached hydrogens (tertiary/aromatic N) is 2. The number of aryl methyl sites for hydroxylation is 1. The molecule has 2 aromatic rings. The lowest BCUT2D eigenvalue weighted by atomic mass is 9.85. The summed E-state index contributed by atoms with van der Waals surface area (Å²) in [4.78, 5) is 20.7. The van der Waals surface area contributed by atoms with Crippen molar-refractivity contribution in [3.8, 4) is 11.4 Å². The van der Waals surface area contributed by atoms with E-state index in [4.69, 9.17) is 10.5 Å². The van der Waals surface area contributed by atoms with Crippen LogP contribution in [-0.4, -0.2) is 27.7 Å². The second kappa shape index (κ2) is 7.19.